The number of carbonyl (C=O) groups is 1. The highest BCUT2D eigenvalue weighted by Crippen LogP contribution is 2.25. The zero-order valence-electron chi connectivity index (χ0n) is 14.2. The average molecular weight is 341 g/mol. The van der Waals surface area contributed by atoms with Crippen LogP contribution in [-0.4, -0.2) is 26.3 Å². The van der Waals surface area contributed by atoms with Crippen molar-refractivity contribution in [2.45, 2.75) is 33.5 Å². The molecule has 1 aromatic carbocycles. The molecule has 0 aliphatic rings. The van der Waals surface area contributed by atoms with Crippen LogP contribution in [0.5, 0.6) is 0 Å². The predicted molar refractivity (Wildman–Crippen MR) is 89.8 cm³/mol. The Balaban J connectivity index is 1.69. The molecule has 0 fully saturated rings. The van der Waals surface area contributed by atoms with Crippen LogP contribution in [-0.2, 0) is 11.3 Å². The Bertz CT molecular complexity index is 881. The van der Waals surface area contributed by atoms with E-state index in [-0.39, 0.29) is 12.5 Å². The summed E-state index contributed by atoms with van der Waals surface area (Å²) in [5, 5.41) is 17.6. The van der Waals surface area contributed by atoms with Crippen molar-refractivity contribution in [1.29, 1.82) is 0 Å². The van der Waals surface area contributed by atoms with Crippen LogP contribution in [0.1, 0.15) is 46.2 Å². The summed E-state index contributed by atoms with van der Waals surface area (Å²) in [5.41, 5.74) is 3.23. The van der Waals surface area contributed by atoms with Gasteiger partial charge in [-0.05, 0) is 38.5 Å². The molecule has 7 heteroatoms. The van der Waals surface area contributed by atoms with E-state index in [1.165, 1.54) is 0 Å². The van der Waals surface area contributed by atoms with Gasteiger partial charge in [-0.15, -0.1) is 10.2 Å². The van der Waals surface area contributed by atoms with Gasteiger partial charge in [0.1, 0.15) is 5.69 Å². The van der Waals surface area contributed by atoms with E-state index in [1.807, 2.05) is 30.3 Å². The third-order valence-corrected chi connectivity index (χ3v) is 3.93. The molecule has 2 heterocycles. The number of nitrogens with zero attached hydrogens (tertiary/aromatic N) is 2. The normalized spacial score (nSPS) is 12.2. The van der Waals surface area contributed by atoms with Gasteiger partial charge in [0.05, 0.1) is 6.10 Å². The third kappa shape index (κ3) is 3.46. The van der Waals surface area contributed by atoms with Crippen LogP contribution in [0.3, 0.4) is 0 Å². The quantitative estimate of drug-likeness (QED) is 0.692. The van der Waals surface area contributed by atoms with Crippen molar-refractivity contribution in [3.8, 4) is 11.5 Å². The molecule has 0 amide bonds. The van der Waals surface area contributed by atoms with Crippen LogP contribution in [0.25, 0.3) is 11.5 Å². The van der Waals surface area contributed by atoms with E-state index in [2.05, 4.69) is 15.2 Å². The van der Waals surface area contributed by atoms with E-state index in [1.54, 1.807) is 20.8 Å². The third-order valence-electron chi connectivity index (χ3n) is 3.93. The van der Waals surface area contributed by atoms with E-state index in [0.717, 1.165) is 11.3 Å². The maximum Gasteiger partial charge on any atom is 0.355 e. The summed E-state index contributed by atoms with van der Waals surface area (Å²) < 4.78 is 10.7. The number of aliphatic hydroxyl groups is 1. The van der Waals surface area contributed by atoms with E-state index < -0.39 is 12.1 Å². The summed E-state index contributed by atoms with van der Waals surface area (Å²) >= 11 is 0. The summed E-state index contributed by atoms with van der Waals surface area (Å²) in [6.07, 6.45) is -0.665. The number of esters is 1. The number of aryl methyl sites for hydroxylation is 1. The van der Waals surface area contributed by atoms with Crippen molar-refractivity contribution >= 4 is 5.97 Å². The van der Waals surface area contributed by atoms with E-state index in [4.69, 9.17) is 9.15 Å². The standard InChI is InChI=1S/C18H19N3O4/c1-10-15(12(3)22)11(2)19-16(10)18(23)24-9-14-20-21-17(25-14)13-7-5-4-6-8-13/h4-8,12,19,22H,9H2,1-3H3/t12-/m1/s1. The largest absolute Gasteiger partial charge is 0.451 e. The van der Waals surface area contributed by atoms with Crippen molar-refractivity contribution in [2.75, 3.05) is 0 Å². The van der Waals surface area contributed by atoms with Gasteiger partial charge >= 0.3 is 5.97 Å². The highest BCUT2D eigenvalue weighted by Gasteiger charge is 2.21. The molecule has 0 unspecified atom stereocenters. The lowest BCUT2D eigenvalue weighted by atomic mass is 10.1. The van der Waals surface area contributed by atoms with E-state index in [0.29, 0.717) is 22.7 Å². The number of nitrogens with one attached hydrogen (secondary N) is 1. The first-order valence-corrected chi connectivity index (χ1v) is 7.89. The van der Waals surface area contributed by atoms with Gasteiger partial charge in [0.15, 0.2) is 6.61 Å². The molecule has 0 aliphatic heterocycles. The summed E-state index contributed by atoms with van der Waals surface area (Å²) in [6.45, 7) is 5.10. The van der Waals surface area contributed by atoms with Gasteiger partial charge in [0.2, 0.25) is 5.89 Å². The van der Waals surface area contributed by atoms with Crippen LogP contribution >= 0.6 is 0 Å². The maximum atomic E-state index is 12.3. The zero-order valence-corrected chi connectivity index (χ0v) is 14.2. The molecule has 3 rings (SSSR count). The lowest BCUT2D eigenvalue weighted by molar-refractivity contribution is 0.0431. The highest BCUT2D eigenvalue weighted by molar-refractivity contribution is 5.89. The minimum Gasteiger partial charge on any atom is -0.451 e. The Morgan fingerprint density at radius 1 is 1.28 bits per heavy atom. The Labute approximate surface area is 144 Å². The van der Waals surface area contributed by atoms with Gasteiger partial charge in [0, 0.05) is 16.8 Å². The SMILES string of the molecule is Cc1[nH]c(C(=O)OCc2nnc(-c3ccccc3)o2)c(C)c1[C@@H](C)O. The first-order chi connectivity index (χ1) is 12.0. The molecule has 0 aliphatic carbocycles. The Morgan fingerprint density at radius 2 is 2.00 bits per heavy atom. The topological polar surface area (TPSA) is 101 Å². The average Bonchev–Trinajstić information content (AvgIpc) is 3.18. The van der Waals surface area contributed by atoms with Crippen molar-refractivity contribution in [3.05, 3.63) is 58.7 Å². The van der Waals surface area contributed by atoms with Gasteiger partial charge in [-0.25, -0.2) is 4.79 Å². The number of benzene rings is 1. The second-order valence-electron chi connectivity index (χ2n) is 5.78. The Morgan fingerprint density at radius 3 is 2.64 bits per heavy atom. The van der Waals surface area contributed by atoms with Crippen LogP contribution in [0.2, 0.25) is 0 Å². The number of aromatic amines is 1. The second-order valence-corrected chi connectivity index (χ2v) is 5.78. The van der Waals surface area contributed by atoms with Crippen LogP contribution in [0.15, 0.2) is 34.7 Å². The monoisotopic (exact) mass is 341 g/mol. The molecule has 2 aromatic heterocycles. The summed E-state index contributed by atoms with van der Waals surface area (Å²) in [4.78, 5) is 15.2. The Hall–Kier alpha value is -2.93. The summed E-state index contributed by atoms with van der Waals surface area (Å²) in [7, 11) is 0. The fourth-order valence-corrected chi connectivity index (χ4v) is 2.80. The molecule has 7 nitrogen and oxygen atoms in total. The molecule has 0 saturated carbocycles. The van der Waals surface area contributed by atoms with Gasteiger partial charge in [-0.2, -0.15) is 0 Å². The summed E-state index contributed by atoms with van der Waals surface area (Å²) in [5.74, 6) is 0.0470. The Kier molecular flexibility index (Phi) is 4.67. The van der Waals surface area contributed by atoms with Gasteiger partial charge < -0.3 is 19.2 Å². The fourth-order valence-electron chi connectivity index (χ4n) is 2.80. The molecule has 0 radical (unpaired) electrons. The molecule has 1 atom stereocenters. The number of H-pyrrole nitrogens is 1. The minimum absolute atomic E-state index is 0.125. The number of hydrogen-bond donors (Lipinski definition) is 2. The number of rotatable bonds is 5. The van der Waals surface area contributed by atoms with Gasteiger partial charge in [-0.1, -0.05) is 18.2 Å². The molecule has 0 spiro atoms. The molecular weight excluding hydrogens is 322 g/mol. The molecule has 3 aromatic rings. The molecule has 2 N–H and O–H groups in total. The first kappa shape index (κ1) is 16.9. The molecular formula is C18H19N3O4. The molecule has 0 bridgehead atoms. The minimum atomic E-state index is -0.665. The van der Waals surface area contributed by atoms with Crippen molar-refractivity contribution < 1.29 is 19.1 Å². The van der Waals surface area contributed by atoms with Gasteiger partial charge in [-0.3, -0.25) is 0 Å². The molecule has 0 saturated heterocycles. The van der Waals surface area contributed by atoms with Crippen molar-refractivity contribution in [2.24, 2.45) is 0 Å². The predicted octanol–water partition coefficient (Wildman–Crippen LogP) is 3.09. The number of hydrogen-bond acceptors (Lipinski definition) is 6. The smallest absolute Gasteiger partial charge is 0.355 e. The maximum absolute atomic E-state index is 12.3. The molecule has 130 valence electrons. The van der Waals surface area contributed by atoms with Crippen LogP contribution < -0.4 is 0 Å². The van der Waals surface area contributed by atoms with E-state index >= 15 is 0 Å². The highest BCUT2D eigenvalue weighted by atomic mass is 16.5. The summed E-state index contributed by atoms with van der Waals surface area (Å²) in [6, 6.07) is 9.34. The number of aromatic nitrogens is 3. The first-order valence-electron chi connectivity index (χ1n) is 7.89. The fraction of sp³-hybridized carbons (Fsp3) is 0.278. The number of ether oxygens (including phenoxy) is 1. The number of aliphatic hydroxyl groups excluding tert-OH is 1. The van der Waals surface area contributed by atoms with Crippen molar-refractivity contribution in [1.82, 2.24) is 15.2 Å². The lowest BCUT2D eigenvalue weighted by Crippen LogP contribution is -2.08. The van der Waals surface area contributed by atoms with Crippen LogP contribution in [0.4, 0.5) is 0 Å². The van der Waals surface area contributed by atoms with E-state index in [9.17, 15) is 9.90 Å². The lowest BCUT2D eigenvalue weighted by Gasteiger charge is -2.05. The zero-order chi connectivity index (χ0) is 18.0. The molecule has 25 heavy (non-hydrogen) atoms. The van der Waals surface area contributed by atoms with Crippen LogP contribution in [0, 0.1) is 13.8 Å². The number of carbonyl (C=O) groups excluding carboxylic acids is 1. The van der Waals surface area contributed by atoms with Crippen molar-refractivity contribution in [3.63, 3.8) is 0 Å². The van der Waals surface area contributed by atoms with Gasteiger partial charge in [0.25, 0.3) is 5.89 Å². The second kappa shape index (κ2) is 6.90.